The minimum Gasteiger partial charge on any atom is -0.154 e. The second kappa shape index (κ2) is 3.62. The molecule has 76 valence electrons. The lowest BCUT2D eigenvalue weighted by Gasteiger charge is -2.46. The lowest BCUT2D eigenvalue weighted by molar-refractivity contribution is 0.254. The quantitative estimate of drug-likeness (QED) is 0.705. The molecule has 0 atom stereocenters. The molecule has 1 fully saturated rings. The van der Waals surface area contributed by atoms with Crippen LogP contribution in [0.1, 0.15) is 30.9 Å². The van der Waals surface area contributed by atoms with Gasteiger partial charge >= 0.3 is 0 Å². The SMILES string of the molecule is CSC1(c2ccc(C)cc2)CC(C)C1. The number of hydrogen-bond donors (Lipinski definition) is 0. The van der Waals surface area contributed by atoms with Crippen molar-refractivity contribution < 1.29 is 0 Å². The van der Waals surface area contributed by atoms with Crippen LogP contribution in [0.2, 0.25) is 0 Å². The fourth-order valence-corrected chi connectivity index (χ4v) is 3.72. The van der Waals surface area contributed by atoms with Gasteiger partial charge in [-0.25, -0.2) is 0 Å². The maximum atomic E-state index is 2.35. The highest BCUT2D eigenvalue weighted by Gasteiger charge is 2.42. The van der Waals surface area contributed by atoms with Crippen molar-refractivity contribution >= 4 is 11.8 Å². The highest BCUT2D eigenvalue weighted by Crippen LogP contribution is 2.54. The highest BCUT2D eigenvalue weighted by molar-refractivity contribution is 7.99. The van der Waals surface area contributed by atoms with Crippen LogP contribution in [0.5, 0.6) is 0 Å². The molecule has 1 aliphatic carbocycles. The predicted octanol–water partition coefficient (Wildman–Crippen LogP) is 3.98. The van der Waals surface area contributed by atoms with Gasteiger partial charge in [-0.2, -0.15) is 11.8 Å². The molecule has 0 spiro atoms. The van der Waals surface area contributed by atoms with Crippen LogP contribution in [-0.4, -0.2) is 6.26 Å². The fraction of sp³-hybridized carbons (Fsp3) is 0.538. The predicted molar refractivity (Wildman–Crippen MR) is 64.8 cm³/mol. The first-order valence-corrected chi connectivity index (χ1v) is 6.51. The average molecular weight is 206 g/mol. The van der Waals surface area contributed by atoms with Gasteiger partial charge in [0.1, 0.15) is 0 Å². The molecule has 0 unspecified atom stereocenters. The van der Waals surface area contributed by atoms with Crippen LogP contribution in [-0.2, 0) is 4.75 Å². The summed E-state index contributed by atoms with van der Waals surface area (Å²) >= 11 is 2.02. The first-order valence-electron chi connectivity index (χ1n) is 5.28. The van der Waals surface area contributed by atoms with E-state index in [-0.39, 0.29) is 0 Å². The second-order valence-electron chi connectivity index (χ2n) is 4.58. The van der Waals surface area contributed by atoms with Gasteiger partial charge in [-0.15, -0.1) is 0 Å². The lowest BCUT2D eigenvalue weighted by Crippen LogP contribution is -2.36. The Labute approximate surface area is 91.1 Å². The van der Waals surface area contributed by atoms with E-state index in [1.54, 1.807) is 0 Å². The molecule has 0 aliphatic heterocycles. The van der Waals surface area contributed by atoms with Crippen LogP contribution in [0.4, 0.5) is 0 Å². The largest absolute Gasteiger partial charge is 0.154 e. The van der Waals surface area contributed by atoms with Crippen LogP contribution < -0.4 is 0 Å². The Morgan fingerprint density at radius 2 is 1.79 bits per heavy atom. The smallest absolute Gasteiger partial charge is 0.0410 e. The summed E-state index contributed by atoms with van der Waals surface area (Å²) in [4.78, 5) is 0. The van der Waals surface area contributed by atoms with Gasteiger partial charge in [-0.05, 0) is 37.5 Å². The molecule has 14 heavy (non-hydrogen) atoms. The van der Waals surface area contributed by atoms with Crippen LogP contribution in [0, 0.1) is 12.8 Å². The molecular formula is C13H18S. The summed E-state index contributed by atoms with van der Waals surface area (Å²) in [6, 6.07) is 9.07. The topological polar surface area (TPSA) is 0 Å². The van der Waals surface area contributed by atoms with Crippen molar-refractivity contribution in [2.45, 2.75) is 31.4 Å². The van der Waals surface area contributed by atoms with Crippen molar-refractivity contribution in [3.8, 4) is 0 Å². The van der Waals surface area contributed by atoms with Crippen LogP contribution in [0.3, 0.4) is 0 Å². The Kier molecular flexibility index (Phi) is 2.61. The van der Waals surface area contributed by atoms with Crippen molar-refractivity contribution in [3.05, 3.63) is 35.4 Å². The second-order valence-corrected chi connectivity index (χ2v) is 5.77. The summed E-state index contributed by atoms with van der Waals surface area (Å²) in [5.41, 5.74) is 2.88. The highest BCUT2D eigenvalue weighted by atomic mass is 32.2. The molecule has 1 aliphatic rings. The van der Waals surface area contributed by atoms with Crippen LogP contribution in [0.15, 0.2) is 24.3 Å². The minimum atomic E-state index is 0.438. The van der Waals surface area contributed by atoms with Crippen molar-refractivity contribution in [2.75, 3.05) is 6.26 Å². The van der Waals surface area contributed by atoms with Gasteiger partial charge in [-0.3, -0.25) is 0 Å². The molecule has 0 bridgehead atoms. The van der Waals surface area contributed by atoms with Crippen LogP contribution in [0.25, 0.3) is 0 Å². The molecule has 1 heteroatoms. The summed E-state index contributed by atoms with van der Waals surface area (Å²) < 4.78 is 0.438. The minimum absolute atomic E-state index is 0.438. The molecule has 0 aromatic heterocycles. The van der Waals surface area contributed by atoms with Gasteiger partial charge in [0.15, 0.2) is 0 Å². The summed E-state index contributed by atoms with van der Waals surface area (Å²) in [6.45, 7) is 4.50. The van der Waals surface area contributed by atoms with Gasteiger partial charge in [0, 0.05) is 4.75 Å². The number of hydrogen-bond acceptors (Lipinski definition) is 1. The normalized spacial score (nSPS) is 31.2. The van der Waals surface area contributed by atoms with Gasteiger partial charge < -0.3 is 0 Å². The van der Waals surface area contributed by atoms with Crippen LogP contribution >= 0.6 is 11.8 Å². The third-order valence-corrected chi connectivity index (χ3v) is 4.68. The Morgan fingerprint density at radius 3 is 2.21 bits per heavy atom. The summed E-state index contributed by atoms with van der Waals surface area (Å²) in [6.07, 6.45) is 4.93. The van der Waals surface area contributed by atoms with E-state index in [1.165, 1.54) is 24.0 Å². The fourth-order valence-electron chi connectivity index (χ4n) is 2.44. The third-order valence-electron chi connectivity index (χ3n) is 3.32. The van der Waals surface area contributed by atoms with E-state index >= 15 is 0 Å². The molecule has 2 rings (SSSR count). The molecule has 1 aromatic carbocycles. The Balaban J connectivity index is 2.25. The molecule has 0 heterocycles. The average Bonchev–Trinajstić information content (AvgIpc) is 2.14. The van der Waals surface area contributed by atoms with E-state index in [2.05, 4.69) is 44.4 Å². The van der Waals surface area contributed by atoms with E-state index in [1.807, 2.05) is 11.8 Å². The standard InChI is InChI=1S/C13H18S/c1-10-4-6-12(7-5-10)13(14-3)8-11(2)9-13/h4-7,11H,8-9H2,1-3H3. The van der Waals surface area contributed by atoms with Crippen molar-refractivity contribution in [2.24, 2.45) is 5.92 Å². The Morgan fingerprint density at radius 1 is 1.21 bits per heavy atom. The van der Waals surface area contributed by atoms with Crippen molar-refractivity contribution in [1.82, 2.24) is 0 Å². The molecule has 0 radical (unpaired) electrons. The van der Waals surface area contributed by atoms with E-state index in [0.29, 0.717) is 4.75 Å². The molecule has 0 nitrogen and oxygen atoms in total. The number of rotatable bonds is 2. The molecular weight excluding hydrogens is 188 g/mol. The van der Waals surface area contributed by atoms with Gasteiger partial charge in [0.25, 0.3) is 0 Å². The summed E-state index contributed by atoms with van der Waals surface area (Å²) in [7, 11) is 0. The maximum absolute atomic E-state index is 2.35. The zero-order valence-corrected chi connectivity index (χ0v) is 10.0. The lowest BCUT2D eigenvalue weighted by atomic mass is 9.71. The van der Waals surface area contributed by atoms with E-state index < -0.39 is 0 Å². The molecule has 1 saturated carbocycles. The molecule has 0 N–H and O–H groups in total. The monoisotopic (exact) mass is 206 g/mol. The molecule has 0 amide bonds. The van der Waals surface area contributed by atoms with Crippen molar-refractivity contribution in [3.63, 3.8) is 0 Å². The van der Waals surface area contributed by atoms with E-state index in [4.69, 9.17) is 0 Å². The summed E-state index contributed by atoms with van der Waals surface area (Å²) in [5.74, 6) is 0.906. The maximum Gasteiger partial charge on any atom is 0.0410 e. The first-order chi connectivity index (χ1) is 6.66. The summed E-state index contributed by atoms with van der Waals surface area (Å²) in [5, 5.41) is 0. The zero-order valence-electron chi connectivity index (χ0n) is 9.21. The number of aryl methyl sites for hydroxylation is 1. The van der Waals surface area contributed by atoms with Gasteiger partial charge in [0.05, 0.1) is 0 Å². The van der Waals surface area contributed by atoms with E-state index in [0.717, 1.165) is 5.92 Å². The number of thioether (sulfide) groups is 1. The number of benzene rings is 1. The zero-order chi connectivity index (χ0) is 10.2. The first kappa shape index (κ1) is 10.1. The molecule has 0 saturated heterocycles. The molecule has 1 aromatic rings. The van der Waals surface area contributed by atoms with Gasteiger partial charge in [0.2, 0.25) is 0 Å². The Hall–Kier alpha value is -0.430. The Bertz CT molecular complexity index is 307. The third kappa shape index (κ3) is 1.58. The van der Waals surface area contributed by atoms with Crippen molar-refractivity contribution in [1.29, 1.82) is 0 Å². The van der Waals surface area contributed by atoms with Gasteiger partial charge in [-0.1, -0.05) is 36.8 Å². The van der Waals surface area contributed by atoms with E-state index in [9.17, 15) is 0 Å².